The predicted octanol–water partition coefficient (Wildman–Crippen LogP) is -0.627. The van der Waals surface area contributed by atoms with E-state index in [0.29, 0.717) is 8.59 Å². The van der Waals surface area contributed by atoms with Crippen LogP contribution in [0.15, 0.2) is 53.4 Å². The summed E-state index contributed by atoms with van der Waals surface area (Å²) in [5.41, 5.74) is 0. The zero-order valence-corrected chi connectivity index (χ0v) is 12.7. The van der Waals surface area contributed by atoms with E-state index in [9.17, 15) is 13.0 Å². The van der Waals surface area contributed by atoms with Crippen LogP contribution in [0.25, 0.3) is 0 Å². The molecule has 0 aromatic heterocycles. The lowest BCUT2D eigenvalue weighted by Gasteiger charge is -2.05. The minimum atomic E-state index is -4.41. The molecule has 0 saturated carbocycles. The van der Waals surface area contributed by atoms with Gasteiger partial charge in [0.15, 0.2) is 3.57 Å². The highest BCUT2D eigenvalue weighted by Crippen LogP contribution is 2.07. The van der Waals surface area contributed by atoms with Crippen molar-refractivity contribution < 1.29 is 34.2 Å². The normalized spacial score (nSPS) is 11.4. The molecule has 0 amide bonds. The maximum Gasteiger partial charge on any atom is 0.359 e. The van der Waals surface area contributed by atoms with Gasteiger partial charge in [0, 0.05) is 5.02 Å². The molecule has 0 aliphatic carbocycles. The second kappa shape index (κ2) is 5.56. The molecule has 0 saturated heterocycles. The molecule has 0 aliphatic heterocycles. The number of benzene rings is 2. The summed E-state index contributed by atoms with van der Waals surface area (Å²) in [5.74, 6) is 0. The van der Waals surface area contributed by atoms with Gasteiger partial charge in [0.25, 0.3) is 0 Å². The lowest BCUT2D eigenvalue weighted by molar-refractivity contribution is -0.601. The summed E-state index contributed by atoms with van der Waals surface area (Å²) in [6.07, 6.45) is 0. The van der Waals surface area contributed by atoms with Gasteiger partial charge in [0.1, 0.15) is 15.0 Å². The summed E-state index contributed by atoms with van der Waals surface area (Å²) in [4.78, 5) is -0.118. The van der Waals surface area contributed by atoms with Crippen molar-refractivity contribution in [1.82, 2.24) is 0 Å². The number of rotatable bonds is 3. The van der Waals surface area contributed by atoms with Crippen LogP contribution in [0.4, 0.5) is 0 Å². The summed E-state index contributed by atoms with van der Waals surface area (Å²) in [6.45, 7) is 0. The summed E-state index contributed by atoms with van der Waals surface area (Å²) in [6, 6.07) is 13.5. The molecule has 0 aliphatic rings. The standard InChI is InChI=1S/C12H8ClIO3S/c13-9-5-7-10(8-6-9)14-11-3-1-2-4-12(11)18(15,16)17/h1-8H. The predicted molar refractivity (Wildman–Crippen MR) is 63.3 cm³/mol. The molecule has 2 rings (SSSR count). The summed E-state index contributed by atoms with van der Waals surface area (Å²) in [5, 5.41) is 0.632. The molecule has 0 atom stereocenters. The molecule has 0 spiro atoms. The monoisotopic (exact) mass is 394 g/mol. The van der Waals surface area contributed by atoms with Gasteiger partial charge >= 0.3 is 21.2 Å². The Balaban J connectivity index is 2.38. The average molecular weight is 395 g/mol. The Morgan fingerprint density at radius 3 is 2.22 bits per heavy atom. The summed E-state index contributed by atoms with van der Waals surface area (Å²) in [7, 11) is -4.41. The molecule has 0 heterocycles. The summed E-state index contributed by atoms with van der Waals surface area (Å²) < 4.78 is 35.0. The van der Waals surface area contributed by atoms with E-state index < -0.39 is 31.3 Å². The second-order valence-corrected chi connectivity index (χ2v) is 8.15. The Kier molecular flexibility index (Phi) is 4.26. The number of hydrogen-bond acceptors (Lipinski definition) is 3. The van der Waals surface area contributed by atoms with Crippen LogP contribution in [0.1, 0.15) is 0 Å². The van der Waals surface area contributed by atoms with Crippen LogP contribution in [0.2, 0.25) is 5.02 Å². The Labute approximate surface area is 121 Å². The second-order valence-electron chi connectivity index (χ2n) is 3.42. The van der Waals surface area contributed by atoms with Gasteiger partial charge in [-0.2, -0.15) is 0 Å². The molecule has 2 aromatic carbocycles. The van der Waals surface area contributed by atoms with Crippen LogP contribution in [0, 0.1) is 7.14 Å². The van der Waals surface area contributed by atoms with Gasteiger partial charge in [-0.05, 0) is 36.4 Å². The smallest absolute Gasteiger partial charge is 0.359 e. The molecular weight excluding hydrogens is 387 g/mol. The van der Waals surface area contributed by atoms with Gasteiger partial charge in [-0.1, -0.05) is 23.7 Å². The molecule has 6 heteroatoms. The first-order valence-electron chi connectivity index (χ1n) is 4.92. The maximum atomic E-state index is 11.1. The minimum Gasteiger partial charge on any atom is -0.744 e. The van der Waals surface area contributed by atoms with Gasteiger partial charge in [0.2, 0.25) is 3.57 Å². The van der Waals surface area contributed by atoms with Crippen molar-refractivity contribution in [3.63, 3.8) is 0 Å². The molecule has 0 fully saturated rings. The fraction of sp³-hybridized carbons (Fsp3) is 0. The fourth-order valence-electron chi connectivity index (χ4n) is 1.34. The van der Waals surface area contributed by atoms with Crippen LogP contribution >= 0.6 is 11.6 Å². The molecule has 0 N–H and O–H groups in total. The highest BCUT2D eigenvalue weighted by Gasteiger charge is 2.22. The SMILES string of the molecule is O=S(=O)([O-])c1ccccc1[I+]c1ccc(Cl)cc1. The lowest BCUT2D eigenvalue weighted by atomic mass is 10.4. The first-order valence-corrected chi connectivity index (χ1v) is 8.86. The highest BCUT2D eigenvalue weighted by molar-refractivity contribution is 7.85. The molecule has 94 valence electrons. The van der Waals surface area contributed by atoms with Crippen molar-refractivity contribution in [1.29, 1.82) is 0 Å². The molecular formula is C12H8ClIO3S. The van der Waals surface area contributed by atoms with Crippen molar-refractivity contribution in [3.05, 3.63) is 60.7 Å². The Hall–Kier alpha value is -0.630. The molecule has 2 aromatic rings. The van der Waals surface area contributed by atoms with Gasteiger partial charge in [0.05, 0.1) is 0 Å². The zero-order chi connectivity index (χ0) is 13.2. The third-order valence-corrected chi connectivity index (χ3v) is 6.50. The average Bonchev–Trinajstić information content (AvgIpc) is 2.31. The Morgan fingerprint density at radius 2 is 1.61 bits per heavy atom. The van der Waals surface area contributed by atoms with Crippen molar-refractivity contribution >= 4 is 21.7 Å². The molecule has 3 nitrogen and oxygen atoms in total. The topological polar surface area (TPSA) is 57.2 Å². The van der Waals surface area contributed by atoms with E-state index in [2.05, 4.69) is 0 Å². The van der Waals surface area contributed by atoms with E-state index >= 15 is 0 Å². The van der Waals surface area contributed by atoms with Gasteiger partial charge < -0.3 is 4.55 Å². The van der Waals surface area contributed by atoms with Crippen LogP contribution < -0.4 is 21.2 Å². The van der Waals surface area contributed by atoms with Crippen molar-refractivity contribution in [2.75, 3.05) is 0 Å². The summed E-state index contributed by atoms with van der Waals surface area (Å²) >= 11 is 5.08. The Morgan fingerprint density at radius 1 is 1.00 bits per heavy atom. The fourth-order valence-corrected chi connectivity index (χ4v) is 5.30. The quantitative estimate of drug-likeness (QED) is 0.515. The first kappa shape index (κ1) is 13.8. The number of hydrogen-bond donors (Lipinski definition) is 0. The van der Waals surface area contributed by atoms with Gasteiger partial charge in [-0.3, -0.25) is 0 Å². The van der Waals surface area contributed by atoms with Crippen LogP contribution in [-0.2, 0) is 10.1 Å². The molecule has 18 heavy (non-hydrogen) atoms. The van der Waals surface area contributed by atoms with E-state index in [1.807, 2.05) is 12.1 Å². The number of halogens is 2. The van der Waals surface area contributed by atoms with E-state index in [1.165, 1.54) is 6.07 Å². The van der Waals surface area contributed by atoms with Crippen LogP contribution in [0.5, 0.6) is 0 Å². The highest BCUT2D eigenvalue weighted by atomic mass is 127. The van der Waals surface area contributed by atoms with Crippen molar-refractivity contribution in [2.45, 2.75) is 4.90 Å². The van der Waals surface area contributed by atoms with Gasteiger partial charge in [-0.25, -0.2) is 8.42 Å². The van der Waals surface area contributed by atoms with Gasteiger partial charge in [-0.15, -0.1) is 0 Å². The third kappa shape index (κ3) is 3.44. The van der Waals surface area contributed by atoms with Crippen molar-refractivity contribution in [3.8, 4) is 0 Å². The Bertz CT molecular complexity index is 653. The zero-order valence-electron chi connectivity index (χ0n) is 9.01. The van der Waals surface area contributed by atoms with E-state index in [1.54, 1.807) is 30.3 Å². The largest absolute Gasteiger partial charge is 0.744 e. The maximum absolute atomic E-state index is 11.1. The molecule has 0 radical (unpaired) electrons. The van der Waals surface area contributed by atoms with Crippen LogP contribution in [-0.4, -0.2) is 13.0 Å². The van der Waals surface area contributed by atoms with E-state index in [0.717, 1.165) is 3.57 Å². The first-order chi connectivity index (χ1) is 8.47. The molecule has 0 bridgehead atoms. The third-order valence-electron chi connectivity index (χ3n) is 2.12. The van der Waals surface area contributed by atoms with E-state index in [4.69, 9.17) is 11.6 Å². The van der Waals surface area contributed by atoms with E-state index in [-0.39, 0.29) is 4.90 Å². The molecule has 0 unspecified atom stereocenters. The van der Waals surface area contributed by atoms with Crippen molar-refractivity contribution in [2.24, 2.45) is 0 Å². The van der Waals surface area contributed by atoms with Crippen LogP contribution in [0.3, 0.4) is 0 Å². The lowest BCUT2D eigenvalue weighted by Crippen LogP contribution is -3.61. The minimum absolute atomic E-state index is 0.118.